The van der Waals surface area contributed by atoms with Crippen molar-refractivity contribution in [3.63, 3.8) is 0 Å². The average Bonchev–Trinajstić information content (AvgIpc) is 2.84. The quantitative estimate of drug-likeness (QED) is 0.352. The van der Waals surface area contributed by atoms with E-state index in [-0.39, 0.29) is 6.03 Å². The smallest absolute Gasteiger partial charge is 0.319 e. The fourth-order valence-electron chi connectivity index (χ4n) is 3.54. The molecular formula is C28H27N3O2. The van der Waals surface area contributed by atoms with Gasteiger partial charge in [0.1, 0.15) is 12.4 Å². The number of benzene rings is 3. The van der Waals surface area contributed by atoms with Crippen LogP contribution in [0.25, 0.3) is 11.1 Å². The lowest BCUT2D eigenvalue weighted by molar-refractivity contribution is 0.242. The molecule has 33 heavy (non-hydrogen) atoms. The maximum absolute atomic E-state index is 12.5. The zero-order valence-electron chi connectivity index (χ0n) is 18.8. The number of hydrogen-bond donors (Lipinski definition) is 2. The number of nitrogens with zero attached hydrogens (tertiary/aromatic N) is 1. The summed E-state index contributed by atoms with van der Waals surface area (Å²) in [6.45, 7) is 4.32. The minimum atomic E-state index is -0.543. The molecule has 0 radical (unpaired) electrons. The Morgan fingerprint density at radius 1 is 0.879 bits per heavy atom. The summed E-state index contributed by atoms with van der Waals surface area (Å²) in [7, 11) is 0. The zero-order valence-corrected chi connectivity index (χ0v) is 18.8. The largest absolute Gasteiger partial charge is 0.488 e. The first-order valence-electron chi connectivity index (χ1n) is 10.9. The van der Waals surface area contributed by atoms with E-state index in [2.05, 4.69) is 33.8 Å². The van der Waals surface area contributed by atoms with Gasteiger partial charge in [-0.25, -0.2) is 4.79 Å². The molecule has 0 spiro atoms. The molecule has 3 aromatic carbocycles. The predicted octanol–water partition coefficient (Wildman–Crippen LogP) is 6.38. The van der Waals surface area contributed by atoms with E-state index >= 15 is 0 Å². The van der Waals surface area contributed by atoms with Crippen molar-refractivity contribution in [2.24, 2.45) is 0 Å². The molecule has 0 fully saturated rings. The molecule has 0 atom stereocenters. The number of aromatic nitrogens is 1. The number of pyridine rings is 1. The summed E-state index contributed by atoms with van der Waals surface area (Å²) >= 11 is 0. The predicted molar refractivity (Wildman–Crippen MR) is 132 cm³/mol. The highest BCUT2D eigenvalue weighted by atomic mass is 16.5. The zero-order chi connectivity index (χ0) is 23.1. The van der Waals surface area contributed by atoms with Crippen molar-refractivity contribution in [1.82, 2.24) is 10.3 Å². The highest BCUT2D eigenvalue weighted by Crippen LogP contribution is 2.30. The van der Waals surface area contributed by atoms with Gasteiger partial charge in [-0.3, -0.25) is 4.98 Å². The van der Waals surface area contributed by atoms with Crippen LogP contribution in [0.1, 0.15) is 25.0 Å². The third-order valence-electron chi connectivity index (χ3n) is 5.39. The Morgan fingerprint density at radius 2 is 1.61 bits per heavy atom. The van der Waals surface area contributed by atoms with Gasteiger partial charge in [-0.1, -0.05) is 66.7 Å². The van der Waals surface area contributed by atoms with Crippen molar-refractivity contribution in [3.8, 4) is 16.9 Å². The third kappa shape index (κ3) is 5.77. The summed E-state index contributed by atoms with van der Waals surface area (Å²) in [4.78, 5) is 16.6. The van der Waals surface area contributed by atoms with Crippen LogP contribution in [0.15, 0.2) is 103 Å². The summed E-state index contributed by atoms with van der Waals surface area (Å²) in [5, 5.41) is 5.88. The topological polar surface area (TPSA) is 63.2 Å². The first-order chi connectivity index (χ1) is 16.0. The van der Waals surface area contributed by atoms with Crippen LogP contribution in [0.4, 0.5) is 10.5 Å². The third-order valence-corrected chi connectivity index (χ3v) is 5.39. The molecule has 0 aliphatic carbocycles. The van der Waals surface area contributed by atoms with E-state index in [0.29, 0.717) is 12.3 Å². The second kappa shape index (κ2) is 10.0. The number of nitrogens with one attached hydrogen (secondary N) is 2. The van der Waals surface area contributed by atoms with Gasteiger partial charge in [0.2, 0.25) is 0 Å². The highest BCUT2D eigenvalue weighted by molar-refractivity contribution is 5.89. The fraction of sp³-hybridized carbons (Fsp3) is 0.143. The molecule has 0 saturated carbocycles. The minimum absolute atomic E-state index is 0.273. The normalized spacial score (nSPS) is 11.0. The number of anilines is 1. The second-order valence-electron chi connectivity index (χ2n) is 8.29. The molecule has 0 saturated heterocycles. The number of urea groups is 1. The molecule has 4 aromatic rings. The number of hydrogen-bond acceptors (Lipinski definition) is 3. The van der Waals surface area contributed by atoms with Gasteiger partial charge >= 0.3 is 6.03 Å². The summed E-state index contributed by atoms with van der Waals surface area (Å²) in [5.74, 6) is 0.836. The standard InChI is InChI=1S/C28H27N3O2/c1-28(2,23-11-8-18-29-19-23)31-27(32)30-24-16-14-21(15-17-24)20-33-26-13-7-6-12-25(26)22-9-4-3-5-10-22/h3-19H,20H2,1-2H3,(H2,30,31,32). The van der Waals surface area contributed by atoms with E-state index in [4.69, 9.17) is 4.74 Å². The monoisotopic (exact) mass is 437 g/mol. The van der Waals surface area contributed by atoms with Crippen LogP contribution in [-0.4, -0.2) is 11.0 Å². The maximum Gasteiger partial charge on any atom is 0.319 e. The number of carbonyl (C=O) groups is 1. The molecule has 5 nitrogen and oxygen atoms in total. The molecule has 0 bridgehead atoms. The maximum atomic E-state index is 12.5. The van der Waals surface area contributed by atoms with Crippen LogP contribution >= 0.6 is 0 Å². The lowest BCUT2D eigenvalue weighted by Crippen LogP contribution is -2.43. The minimum Gasteiger partial charge on any atom is -0.488 e. The van der Waals surface area contributed by atoms with Gasteiger partial charge < -0.3 is 15.4 Å². The van der Waals surface area contributed by atoms with Gasteiger partial charge in [0.05, 0.1) is 5.54 Å². The van der Waals surface area contributed by atoms with Gasteiger partial charge in [0.15, 0.2) is 0 Å². The lowest BCUT2D eigenvalue weighted by Gasteiger charge is -2.26. The van der Waals surface area contributed by atoms with Crippen molar-refractivity contribution >= 4 is 11.7 Å². The molecule has 1 heterocycles. The van der Waals surface area contributed by atoms with Crippen LogP contribution < -0.4 is 15.4 Å². The lowest BCUT2D eigenvalue weighted by atomic mass is 9.96. The first-order valence-corrected chi connectivity index (χ1v) is 10.9. The van der Waals surface area contributed by atoms with Crippen molar-refractivity contribution in [3.05, 3.63) is 115 Å². The molecule has 4 rings (SSSR count). The van der Waals surface area contributed by atoms with E-state index in [9.17, 15) is 4.79 Å². The van der Waals surface area contributed by atoms with Crippen LogP contribution in [0.3, 0.4) is 0 Å². The Bertz CT molecular complexity index is 1190. The van der Waals surface area contributed by atoms with E-state index in [1.807, 2.05) is 86.6 Å². The fourth-order valence-corrected chi connectivity index (χ4v) is 3.54. The molecule has 5 heteroatoms. The van der Waals surface area contributed by atoms with Crippen molar-refractivity contribution < 1.29 is 9.53 Å². The molecule has 2 N–H and O–H groups in total. The molecular weight excluding hydrogens is 410 g/mol. The van der Waals surface area contributed by atoms with Crippen molar-refractivity contribution in [1.29, 1.82) is 0 Å². The van der Waals surface area contributed by atoms with E-state index in [1.165, 1.54) is 0 Å². The Kier molecular flexibility index (Phi) is 6.69. The van der Waals surface area contributed by atoms with Crippen molar-refractivity contribution in [2.45, 2.75) is 26.0 Å². The van der Waals surface area contributed by atoms with Gasteiger partial charge in [-0.15, -0.1) is 0 Å². The van der Waals surface area contributed by atoms with Crippen LogP contribution in [-0.2, 0) is 12.1 Å². The van der Waals surface area contributed by atoms with E-state index < -0.39 is 5.54 Å². The number of amides is 2. The van der Waals surface area contributed by atoms with Gasteiger partial charge in [-0.2, -0.15) is 0 Å². The highest BCUT2D eigenvalue weighted by Gasteiger charge is 2.23. The van der Waals surface area contributed by atoms with Crippen molar-refractivity contribution in [2.75, 3.05) is 5.32 Å². The summed E-state index contributed by atoms with van der Waals surface area (Å²) < 4.78 is 6.11. The van der Waals surface area contributed by atoms with Gasteiger partial charge in [-0.05, 0) is 54.8 Å². The molecule has 166 valence electrons. The average molecular weight is 438 g/mol. The Balaban J connectivity index is 1.35. The first kappa shape index (κ1) is 22.1. The Morgan fingerprint density at radius 3 is 2.33 bits per heavy atom. The Labute approximate surface area is 194 Å². The Hall–Kier alpha value is -4.12. The summed E-state index contributed by atoms with van der Waals surface area (Å²) in [6.07, 6.45) is 3.47. The number of ether oxygens (including phenoxy) is 1. The number of carbonyl (C=O) groups excluding carboxylic acids is 1. The number of rotatable bonds is 7. The molecule has 0 unspecified atom stereocenters. The van der Waals surface area contributed by atoms with Crippen LogP contribution in [0.5, 0.6) is 5.75 Å². The van der Waals surface area contributed by atoms with Gasteiger partial charge in [0.25, 0.3) is 0 Å². The molecule has 0 aliphatic heterocycles. The van der Waals surface area contributed by atoms with E-state index in [0.717, 1.165) is 28.0 Å². The van der Waals surface area contributed by atoms with Crippen LogP contribution in [0, 0.1) is 0 Å². The second-order valence-corrected chi connectivity index (χ2v) is 8.29. The molecule has 1 aromatic heterocycles. The summed E-state index contributed by atoms with van der Waals surface area (Å²) in [5.41, 5.74) is 4.29. The van der Waals surface area contributed by atoms with Gasteiger partial charge in [0, 0.05) is 23.6 Å². The molecule has 2 amide bonds. The number of para-hydroxylation sites is 1. The molecule has 0 aliphatic rings. The summed E-state index contributed by atoms with van der Waals surface area (Å²) in [6, 6.07) is 29.4. The van der Waals surface area contributed by atoms with E-state index in [1.54, 1.807) is 12.4 Å². The van der Waals surface area contributed by atoms with Crippen LogP contribution in [0.2, 0.25) is 0 Å². The SMILES string of the molecule is CC(C)(NC(=O)Nc1ccc(COc2ccccc2-c2ccccc2)cc1)c1cccnc1.